The number of halogens is 1. The summed E-state index contributed by atoms with van der Waals surface area (Å²) in [5.41, 5.74) is 5.13. The van der Waals surface area contributed by atoms with Crippen molar-refractivity contribution in [1.29, 1.82) is 0 Å². The number of sulfone groups is 1. The van der Waals surface area contributed by atoms with Crippen LogP contribution in [0.4, 0.5) is 0 Å². The normalized spacial score (nSPS) is 13.9. The van der Waals surface area contributed by atoms with Crippen molar-refractivity contribution in [2.45, 2.75) is 6.04 Å². The zero-order valence-electron chi connectivity index (χ0n) is 5.65. The predicted octanol–water partition coefficient (Wildman–Crippen LogP) is -1.23. The Bertz CT molecular complexity index is 167. The first-order chi connectivity index (χ1) is 3.95. The molecule has 0 saturated carbocycles. The van der Waals surface area contributed by atoms with Crippen molar-refractivity contribution in [3.8, 4) is 0 Å². The van der Waals surface area contributed by atoms with Crippen LogP contribution in [0, 0.1) is 0 Å². The first-order valence-corrected chi connectivity index (χ1v) is 4.56. The second kappa shape index (κ2) is 4.90. The third kappa shape index (κ3) is 8.16. The fourth-order valence-corrected chi connectivity index (χ4v) is 1.32. The molecule has 6 heteroatoms. The predicted molar refractivity (Wildman–Crippen MR) is 42.0 cm³/mol. The van der Waals surface area contributed by atoms with Crippen molar-refractivity contribution in [2.75, 3.05) is 18.6 Å². The van der Waals surface area contributed by atoms with E-state index in [9.17, 15) is 8.42 Å². The minimum absolute atomic E-state index is 0. The smallest absolute Gasteiger partial charge is 0.149 e. The van der Waals surface area contributed by atoms with Gasteiger partial charge in [-0.2, -0.15) is 0 Å². The lowest BCUT2D eigenvalue weighted by atomic mass is 10.4. The van der Waals surface area contributed by atoms with E-state index in [1.165, 1.54) is 0 Å². The molecule has 10 heavy (non-hydrogen) atoms. The Hall–Kier alpha value is 0.160. The highest BCUT2D eigenvalue weighted by atomic mass is 35.5. The van der Waals surface area contributed by atoms with Gasteiger partial charge >= 0.3 is 0 Å². The first kappa shape index (κ1) is 12.8. The van der Waals surface area contributed by atoms with Crippen LogP contribution in [0.3, 0.4) is 0 Å². The van der Waals surface area contributed by atoms with E-state index in [-0.39, 0.29) is 24.8 Å². The zero-order chi connectivity index (χ0) is 7.49. The summed E-state index contributed by atoms with van der Waals surface area (Å²) in [5.74, 6) is -0.149. The summed E-state index contributed by atoms with van der Waals surface area (Å²) in [4.78, 5) is 0. The highest BCUT2D eigenvalue weighted by molar-refractivity contribution is 7.90. The van der Waals surface area contributed by atoms with Gasteiger partial charge in [-0.15, -0.1) is 12.4 Å². The van der Waals surface area contributed by atoms with Crippen LogP contribution in [0.2, 0.25) is 0 Å². The summed E-state index contributed by atoms with van der Waals surface area (Å²) in [6, 6.07) is -0.639. The average Bonchev–Trinajstić information content (AvgIpc) is 1.62. The first-order valence-electron chi connectivity index (χ1n) is 2.50. The molecule has 0 radical (unpaired) electrons. The minimum atomic E-state index is -3.02. The Morgan fingerprint density at radius 1 is 1.60 bits per heavy atom. The molecular weight excluding hydrogens is 178 g/mol. The monoisotopic (exact) mass is 189 g/mol. The van der Waals surface area contributed by atoms with Crippen LogP contribution < -0.4 is 5.73 Å². The standard InChI is InChI=1S/C4H11NO3S.ClH/c1-9(7,8)3-4(5)2-6;/h4,6H,2-3,5H2,1H3;1H/t4-;/m1./s1. The molecule has 1 atom stereocenters. The van der Waals surface area contributed by atoms with E-state index in [0.717, 1.165) is 6.26 Å². The van der Waals surface area contributed by atoms with Gasteiger partial charge in [0.05, 0.1) is 12.4 Å². The highest BCUT2D eigenvalue weighted by Crippen LogP contribution is 1.85. The van der Waals surface area contributed by atoms with E-state index in [1.807, 2.05) is 0 Å². The van der Waals surface area contributed by atoms with Gasteiger partial charge in [0.1, 0.15) is 9.84 Å². The lowest BCUT2D eigenvalue weighted by Crippen LogP contribution is -2.32. The summed E-state index contributed by atoms with van der Waals surface area (Å²) in [7, 11) is -3.02. The van der Waals surface area contributed by atoms with Crippen molar-refractivity contribution >= 4 is 22.2 Å². The van der Waals surface area contributed by atoms with Gasteiger partial charge in [-0.3, -0.25) is 0 Å². The van der Waals surface area contributed by atoms with Gasteiger partial charge in [-0.1, -0.05) is 0 Å². The van der Waals surface area contributed by atoms with E-state index in [2.05, 4.69) is 0 Å². The van der Waals surface area contributed by atoms with Gasteiger partial charge in [0, 0.05) is 12.3 Å². The molecule has 0 fully saturated rings. The van der Waals surface area contributed by atoms with E-state index in [1.54, 1.807) is 0 Å². The molecule has 0 saturated heterocycles. The van der Waals surface area contributed by atoms with Crippen LogP contribution in [0.15, 0.2) is 0 Å². The maximum Gasteiger partial charge on any atom is 0.149 e. The lowest BCUT2D eigenvalue weighted by Gasteiger charge is -2.03. The van der Waals surface area contributed by atoms with Crippen LogP contribution in [0.1, 0.15) is 0 Å². The van der Waals surface area contributed by atoms with Crippen LogP contribution in [0.5, 0.6) is 0 Å². The van der Waals surface area contributed by atoms with Gasteiger partial charge in [0.15, 0.2) is 0 Å². The van der Waals surface area contributed by atoms with Crippen LogP contribution >= 0.6 is 12.4 Å². The molecule has 0 aromatic heterocycles. The summed E-state index contributed by atoms with van der Waals surface area (Å²) in [6.07, 6.45) is 1.09. The summed E-state index contributed by atoms with van der Waals surface area (Å²) >= 11 is 0. The van der Waals surface area contributed by atoms with Crippen LogP contribution in [0.25, 0.3) is 0 Å². The molecule has 0 aromatic carbocycles. The van der Waals surface area contributed by atoms with Crippen LogP contribution in [-0.2, 0) is 9.84 Å². The molecule has 0 aliphatic heterocycles. The second-order valence-corrected chi connectivity index (χ2v) is 4.22. The SMILES string of the molecule is CS(=O)(=O)C[C@H](N)CO.Cl. The van der Waals surface area contributed by atoms with Gasteiger partial charge in [-0.25, -0.2) is 8.42 Å². The van der Waals surface area contributed by atoms with E-state index in [4.69, 9.17) is 10.8 Å². The molecule has 0 amide bonds. The van der Waals surface area contributed by atoms with Crippen molar-refractivity contribution in [3.05, 3.63) is 0 Å². The van der Waals surface area contributed by atoms with Crippen molar-refractivity contribution < 1.29 is 13.5 Å². The van der Waals surface area contributed by atoms with Crippen LogP contribution in [-0.4, -0.2) is 38.2 Å². The third-order valence-electron chi connectivity index (χ3n) is 0.751. The quantitative estimate of drug-likeness (QED) is 0.583. The largest absolute Gasteiger partial charge is 0.395 e. The number of aliphatic hydroxyl groups is 1. The van der Waals surface area contributed by atoms with Gasteiger partial charge in [0.25, 0.3) is 0 Å². The Morgan fingerprint density at radius 2 is 2.00 bits per heavy atom. The molecule has 0 rings (SSSR count). The van der Waals surface area contributed by atoms with Crippen molar-refractivity contribution in [3.63, 3.8) is 0 Å². The summed E-state index contributed by atoms with van der Waals surface area (Å²) in [6.45, 7) is -0.285. The second-order valence-electron chi connectivity index (χ2n) is 2.04. The Labute approximate surface area is 66.7 Å². The zero-order valence-corrected chi connectivity index (χ0v) is 7.28. The Morgan fingerprint density at radius 3 is 2.10 bits per heavy atom. The number of nitrogens with two attached hydrogens (primary N) is 1. The summed E-state index contributed by atoms with van der Waals surface area (Å²) in [5, 5.41) is 8.31. The number of hydrogen-bond donors (Lipinski definition) is 2. The molecule has 0 aliphatic carbocycles. The summed E-state index contributed by atoms with van der Waals surface area (Å²) < 4.78 is 20.8. The lowest BCUT2D eigenvalue weighted by molar-refractivity contribution is 0.274. The van der Waals surface area contributed by atoms with Gasteiger partial charge in [-0.05, 0) is 0 Å². The molecule has 0 heterocycles. The molecule has 4 nitrogen and oxygen atoms in total. The molecule has 64 valence electrons. The molecule has 0 unspecified atom stereocenters. The topological polar surface area (TPSA) is 80.4 Å². The van der Waals surface area contributed by atoms with Crippen molar-refractivity contribution in [1.82, 2.24) is 0 Å². The Kier molecular flexibility index (Phi) is 6.27. The van der Waals surface area contributed by atoms with Gasteiger partial charge < -0.3 is 10.8 Å². The maximum absolute atomic E-state index is 10.4. The number of rotatable bonds is 3. The Balaban J connectivity index is 0. The fraction of sp³-hybridized carbons (Fsp3) is 1.00. The van der Waals surface area contributed by atoms with E-state index >= 15 is 0 Å². The molecule has 0 bridgehead atoms. The fourth-order valence-electron chi connectivity index (χ4n) is 0.442. The van der Waals surface area contributed by atoms with Crippen molar-refractivity contribution in [2.24, 2.45) is 5.73 Å². The molecular formula is C4H12ClNO3S. The molecule has 0 aromatic rings. The molecule has 0 aliphatic rings. The molecule has 0 spiro atoms. The number of aliphatic hydroxyl groups excluding tert-OH is 1. The highest BCUT2D eigenvalue weighted by Gasteiger charge is 2.08. The third-order valence-corrected chi connectivity index (χ3v) is 1.78. The van der Waals surface area contributed by atoms with E-state index in [0.29, 0.717) is 0 Å². The van der Waals surface area contributed by atoms with E-state index < -0.39 is 15.9 Å². The minimum Gasteiger partial charge on any atom is -0.395 e. The maximum atomic E-state index is 10.4. The molecule has 3 N–H and O–H groups in total. The van der Waals surface area contributed by atoms with Gasteiger partial charge in [0.2, 0.25) is 0 Å². The number of hydrogen-bond acceptors (Lipinski definition) is 4. The average molecular weight is 190 g/mol.